The molecule has 3 fully saturated rings. The van der Waals surface area contributed by atoms with Gasteiger partial charge in [-0.05, 0) is 74.5 Å². The van der Waals surface area contributed by atoms with Crippen molar-refractivity contribution >= 4 is 5.71 Å². The van der Waals surface area contributed by atoms with Crippen LogP contribution in [0.1, 0.15) is 79.1 Å². The second kappa shape index (κ2) is 7.06. The summed E-state index contributed by atoms with van der Waals surface area (Å²) in [6.07, 6.45) is 11.6. The molecule has 3 heteroatoms. The van der Waals surface area contributed by atoms with Crippen molar-refractivity contribution in [3.05, 3.63) is 11.6 Å². The van der Waals surface area contributed by atoms with Gasteiger partial charge in [0.25, 0.3) is 0 Å². The van der Waals surface area contributed by atoms with E-state index in [0.717, 1.165) is 37.0 Å². The average Bonchev–Trinajstić information content (AvgIpc) is 2.94. The van der Waals surface area contributed by atoms with Gasteiger partial charge in [0.1, 0.15) is 7.11 Å². The molecule has 0 aromatic carbocycles. The molecule has 1 N–H and O–H groups in total. The quantitative estimate of drug-likeness (QED) is 0.514. The molecule has 3 nitrogen and oxygen atoms in total. The minimum absolute atomic E-state index is 0.105. The molecule has 4 rings (SSSR count). The first kappa shape index (κ1) is 18.9. The van der Waals surface area contributed by atoms with Gasteiger partial charge in [0.05, 0.1) is 11.8 Å². The molecule has 0 amide bonds. The highest BCUT2D eigenvalue weighted by Gasteiger charge is 2.57. The Kier molecular flexibility index (Phi) is 5.35. The summed E-state index contributed by atoms with van der Waals surface area (Å²) in [5.41, 5.74) is 3.46. The van der Waals surface area contributed by atoms with Crippen LogP contribution in [0, 0.1) is 28.6 Å². The lowest BCUT2D eigenvalue weighted by molar-refractivity contribution is -0.0215. The Labute approximate surface area is 153 Å². The maximum Gasteiger partial charge on any atom is 0.106 e. The predicted molar refractivity (Wildman–Crippen MR) is 104 cm³/mol. The largest absolute Gasteiger partial charge is 0.399 e. The molecule has 0 heterocycles. The summed E-state index contributed by atoms with van der Waals surface area (Å²) in [5, 5.41) is 14.5. The fourth-order valence-corrected chi connectivity index (χ4v) is 6.69. The van der Waals surface area contributed by atoms with Crippen LogP contribution in [0.5, 0.6) is 0 Å². The lowest BCUT2D eigenvalue weighted by Gasteiger charge is -2.57. The maximum atomic E-state index is 10.1. The Morgan fingerprint density at radius 3 is 2.48 bits per heavy atom. The molecule has 0 aliphatic heterocycles. The maximum absolute atomic E-state index is 10.1. The summed E-state index contributed by atoms with van der Waals surface area (Å²) >= 11 is 0. The van der Waals surface area contributed by atoms with Crippen LogP contribution in [0.25, 0.3) is 0 Å². The zero-order chi connectivity index (χ0) is 18.2. The first-order chi connectivity index (χ1) is 12.0. The van der Waals surface area contributed by atoms with E-state index in [2.05, 4.69) is 25.1 Å². The molecule has 0 saturated heterocycles. The molecule has 6 unspecified atom stereocenters. The number of aliphatic hydroxyl groups is 1. The molecule has 0 aromatic rings. The monoisotopic (exact) mass is 347 g/mol. The predicted octanol–water partition coefficient (Wildman–Crippen LogP) is 5.34. The van der Waals surface area contributed by atoms with Crippen LogP contribution < -0.4 is 0 Å². The Balaban J connectivity index is 0.000000880. The standard InChI is InChI=1S/C20H31NO2.C2H6/c1-19-10-8-14(22)12-13(19)4-5-15-16-6-7-18(21-23-3)20(16,2)11-9-17(15)19;1-2/h4,14-17,22H,5-12H2,1-3H3;1-2H3/b21-18+;. The molecule has 0 spiro atoms. The zero-order valence-corrected chi connectivity index (χ0v) is 16.8. The van der Waals surface area contributed by atoms with Gasteiger partial charge >= 0.3 is 0 Å². The number of oxime groups is 1. The Bertz CT molecular complexity index is 554. The summed E-state index contributed by atoms with van der Waals surface area (Å²) in [4.78, 5) is 5.14. The Morgan fingerprint density at radius 2 is 1.76 bits per heavy atom. The number of hydrogen-bond acceptors (Lipinski definition) is 3. The number of allylic oxidation sites excluding steroid dienone is 1. The highest BCUT2D eigenvalue weighted by molar-refractivity contribution is 5.92. The Morgan fingerprint density at radius 1 is 1.08 bits per heavy atom. The summed E-state index contributed by atoms with van der Waals surface area (Å²) in [7, 11) is 1.68. The fourth-order valence-electron chi connectivity index (χ4n) is 6.69. The third kappa shape index (κ3) is 2.87. The van der Waals surface area contributed by atoms with Crippen molar-refractivity contribution in [2.75, 3.05) is 7.11 Å². The van der Waals surface area contributed by atoms with Crippen LogP contribution in [0.3, 0.4) is 0 Å². The van der Waals surface area contributed by atoms with Gasteiger partial charge in [0, 0.05) is 5.41 Å². The number of nitrogens with zero attached hydrogens (tertiary/aromatic N) is 1. The van der Waals surface area contributed by atoms with E-state index in [0.29, 0.717) is 5.41 Å². The van der Waals surface area contributed by atoms with Gasteiger partial charge in [-0.3, -0.25) is 0 Å². The highest BCUT2D eigenvalue weighted by atomic mass is 16.6. The molecule has 4 aliphatic carbocycles. The van der Waals surface area contributed by atoms with Crippen molar-refractivity contribution in [2.24, 2.45) is 33.7 Å². The Hall–Kier alpha value is -0.830. The molecular formula is C22H37NO2. The van der Waals surface area contributed by atoms with Crippen LogP contribution >= 0.6 is 0 Å². The van der Waals surface area contributed by atoms with Gasteiger partial charge in [-0.1, -0.05) is 44.5 Å². The van der Waals surface area contributed by atoms with E-state index in [1.54, 1.807) is 12.7 Å². The molecule has 0 aromatic heterocycles. The summed E-state index contributed by atoms with van der Waals surface area (Å²) in [5.74, 6) is 2.36. The van der Waals surface area contributed by atoms with E-state index in [1.807, 2.05) is 13.8 Å². The van der Waals surface area contributed by atoms with E-state index < -0.39 is 0 Å². The number of fused-ring (bicyclic) bond motifs is 5. The average molecular weight is 348 g/mol. The summed E-state index contributed by atoms with van der Waals surface area (Å²) in [6.45, 7) is 8.92. The second-order valence-electron chi connectivity index (χ2n) is 8.87. The van der Waals surface area contributed by atoms with Crippen molar-refractivity contribution in [1.82, 2.24) is 0 Å². The molecule has 6 atom stereocenters. The van der Waals surface area contributed by atoms with Gasteiger partial charge in [-0.15, -0.1) is 0 Å². The molecule has 142 valence electrons. The first-order valence-corrected chi connectivity index (χ1v) is 10.5. The molecular weight excluding hydrogens is 310 g/mol. The SMILES string of the molecule is CC.CO/N=C1\CCC2C3CC=C4CC(O)CCC4(C)C3CCC12C. The van der Waals surface area contributed by atoms with Crippen LogP contribution in [0.2, 0.25) is 0 Å². The molecule has 25 heavy (non-hydrogen) atoms. The lowest BCUT2D eigenvalue weighted by Crippen LogP contribution is -2.50. The van der Waals surface area contributed by atoms with Crippen molar-refractivity contribution in [3.8, 4) is 0 Å². The van der Waals surface area contributed by atoms with E-state index in [-0.39, 0.29) is 11.5 Å². The van der Waals surface area contributed by atoms with Crippen LogP contribution in [-0.4, -0.2) is 24.0 Å². The normalized spacial score (nSPS) is 47.0. The van der Waals surface area contributed by atoms with Crippen molar-refractivity contribution in [3.63, 3.8) is 0 Å². The second-order valence-corrected chi connectivity index (χ2v) is 8.87. The van der Waals surface area contributed by atoms with Crippen LogP contribution in [0.15, 0.2) is 16.8 Å². The van der Waals surface area contributed by atoms with E-state index >= 15 is 0 Å². The number of aliphatic hydroxyl groups excluding tert-OH is 1. The van der Waals surface area contributed by atoms with Crippen molar-refractivity contribution < 1.29 is 9.94 Å². The first-order valence-electron chi connectivity index (χ1n) is 10.5. The topological polar surface area (TPSA) is 41.8 Å². The van der Waals surface area contributed by atoms with Crippen molar-refractivity contribution in [2.45, 2.75) is 85.2 Å². The molecule has 0 radical (unpaired) electrons. The van der Waals surface area contributed by atoms with Crippen molar-refractivity contribution in [1.29, 1.82) is 0 Å². The van der Waals surface area contributed by atoms with Gasteiger partial charge in [-0.2, -0.15) is 0 Å². The smallest absolute Gasteiger partial charge is 0.106 e. The van der Waals surface area contributed by atoms with Crippen LogP contribution in [0.4, 0.5) is 0 Å². The summed E-state index contributed by atoms with van der Waals surface area (Å²) < 4.78 is 0. The van der Waals surface area contributed by atoms with Gasteiger partial charge in [0.15, 0.2) is 0 Å². The number of hydrogen-bond donors (Lipinski definition) is 1. The number of rotatable bonds is 1. The molecule has 4 aliphatic rings. The highest BCUT2D eigenvalue weighted by Crippen LogP contribution is 2.64. The lowest BCUT2D eigenvalue weighted by atomic mass is 9.48. The van der Waals surface area contributed by atoms with Crippen LogP contribution in [-0.2, 0) is 4.84 Å². The van der Waals surface area contributed by atoms with Gasteiger partial charge < -0.3 is 9.94 Å². The van der Waals surface area contributed by atoms with E-state index in [9.17, 15) is 5.11 Å². The third-order valence-electron chi connectivity index (χ3n) is 8.02. The van der Waals surface area contributed by atoms with E-state index in [4.69, 9.17) is 4.84 Å². The third-order valence-corrected chi connectivity index (χ3v) is 8.02. The molecule has 3 saturated carbocycles. The zero-order valence-electron chi connectivity index (χ0n) is 16.8. The fraction of sp³-hybridized carbons (Fsp3) is 0.864. The van der Waals surface area contributed by atoms with Gasteiger partial charge in [-0.25, -0.2) is 0 Å². The van der Waals surface area contributed by atoms with Gasteiger partial charge in [0.2, 0.25) is 0 Å². The minimum Gasteiger partial charge on any atom is -0.399 e. The molecule has 0 bridgehead atoms. The summed E-state index contributed by atoms with van der Waals surface area (Å²) in [6, 6.07) is 0. The minimum atomic E-state index is -0.105. The van der Waals surface area contributed by atoms with E-state index in [1.165, 1.54) is 37.8 Å².